The molecule has 1 aromatic heterocycles. The molecule has 1 aromatic carbocycles. The summed E-state index contributed by atoms with van der Waals surface area (Å²) in [6.07, 6.45) is 0. The third-order valence-electron chi connectivity index (χ3n) is 5.11. The van der Waals surface area contributed by atoms with Crippen molar-refractivity contribution in [1.29, 1.82) is 0 Å². The Kier molecular flexibility index (Phi) is 5.90. The standard InChI is InChI=1S/C20H26BrN5O/c1-16-13-19(25-9-11-27-12-10-25)23-20(22-16)26-7-5-24(6-8-26)15-17-3-2-4-18(21)14-17/h2-4,13-14H,5-12,15H2,1H3. The fourth-order valence-electron chi connectivity index (χ4n) is 3.63. The van der Waals surface area contributed by atoms with Crippen molar-refractivity contribution in [2.24, 2.45) is 0 Å². The molecule has 27 heavy (non-hydrogen) atoms. The van der Waals surface area contributed by atoms with E-state index in [0.717, 1.165) is 81.0 Å². The van der Waals surface area contributed by atoms with Crippen LogP contribution in [0.4, 0.5) is 11.8 Å². The highest BCUT2D eigenvalue weighted by Gasteiger charge is 2.21. The van der Waals surface area contributed by atoms with Crippen LogP contribution in [0.5, 0.6) is 0 Å². The molecule has 6 nitrogen and oxygen atoms in total. The number of nitrogens with zero attached hydrogens (tertiary/aromatic N) is 5. The number of rotatable bonds is 4. The molecule has 2 aromatic rings. The maximum atomic E-state index is 5.46. The minimum Gasteiger partial charge on any atom is -0.378 e. The van der Waals surface area contributed by atoms with E-state index in [0.29, 0.717) is 0 Å². The number of hydrogen-bond acceptors (Lipinski definition) is 6. The summed E-state index contributed by atoms with van der Waals surface area (Å²) in [5, 5.41) is 0. The molecule has 3 heterocycles. The molecule has 0 spiro atoms. The molecule has 0 radical (unpaired) electrons. The van der Waals surface area contributed by atoms with Gasteiger partial charge in [-0.3, -0.25) is 4.90 Å². The third kappa shape index (κ3) is 4.78. The van der Waals surface area contributed by atoms with Crippen LogP contribution in [0.15, 0.2) is 34.8 Å². The van der Waals surface area contributed by atoms with E-state index < -0.39 is 0 Å². The van der Waals surface area contributed by atoms with Crippen LogP contribution in [0.2, 0.25) is 0 Å². The van der Waals surface area contributed by atoms with E-state index in [4.69, 9.17) is 14.7 Å². The number of hydrogen-bond donors (Lipinski definition) is 0. The second kappa shape index (κ2) is 8.54. The lowest BCUT2D eigenvalue weighted by atomic mass is 10.2. The second-order valence-corrected chi connectivity index (χ2v) is 8.08. The molecule has 0 saturated carbocycles. The highest BCUT2D eigenvalue weighted by atomic mass is 79.9. The minimum atomic E-state index is 0.770. The van der Waals surface area contributed by atoms with Crippen LogP contribution in [0.3, 0.4) is 0 Å². The molecular weight excluding hydrogens is 406 g/mol. The monoisotopic (exact) mass is 431 g/mol. The summed E-state index contributed by atoms with van der Waals surface area (Å²) in [7, 11) is 0. The Hall–Kier alpha value is -1.70. The Balaban J connectivity index is 1.39. The van der Waals surface area contributed by atoms with Crippen LogP contribution in [0.1, 0.15) is 11.3 Å². The number of piperazine rings is 1. The van der Waals surface area contributed by atoms with Crippen LogP contribution in [0.25, 0.3) is 0 Å². The fourth-order valence-corrected chi connectivity index (χ4v) is 4.08. The first-order valence-corrected chi connectivity index (χ1v) is 10.4. The molecule has 7 heteroatoms. The first-order chi connectivity index (χ1) is 13.2. The Morgan fingerprint density at radius 2 is 1.74 bits per heavy atom. The Morgan fingerprint density at radius 3 is 2.48 bits per heavy atom. The lowest BCUT2D eigenvalue weighted by Crippen LogP contribution is -2.46. The molecule has 4 rings (SSSR count). The highest BCUT2D eigenvalue weighted by molar-refractivity contribution is 9.10. The summed E-state index contributed by atoms with van der Waals surface area (Å²) in [5.74, 6) is 1.89. The quantitative estimate of drug-likeness (QED) is 0.741. The van der Waals surface area contributed by atoms with Crippen molar-refractivity contribution in [1.82, 2.24) is 14.9 Å². The van der Waals surface area contributed by atoms with Gasteiger partial charge in [-0.2, -0.15) is 4.98 Å². The average Bonchev–Trinajstić information content (AvgIpc) is 2.69. The average molecular weight is 432 g/mol. The van der Waals surface area contributed by atoms with Gasteiger partial charge in [-0.15, -0.1) is 0 Å². The molecule has 2 aliphatic rings. The number of aryl methyl sites for hydroxylation is 1. The van der Waals surface area contributed by atoms with E-state index in [1.807, 2.05) is 0 Å². The minimum absolute atomic E-state index is 0.770. The zero-order chi connectivity index (χ0) is 18.6. The lowest BCUT2D eigenvalue weighted by Gasteiger charge is -2.35. The molecule has 0 N–H and O–H groups in total. The Morgan fingerprint density at radius 1 is 0.963 bits per heavy atom. The number of ether oxygens (including phenoxy) is 1. The third-order valence-corrected chi connectivity index (χ3v) is 5.61. The van der Waals surface area contributed by atoms with E-state index in [1.54, 1.807) is 0 Å². The maximum Gasteiger partial charge on any atom is 0.227 e. The van der Waals surface area contributed by atoms with Crippen molar-refractivity contribution < 1.29 is 4.74 Å². The SMILES string of the molecule is Cc1cc(N2CCOCC2)nc(N2CCN(Cc3cccc(Br)c3)CC2)n1. The van der Waals surface area contributed by atoms with Crippen molar-refractivity contribution in [3.63, 3.8) is 0 Å². The van der Waals surface area contributed by atoms with Gasteiger partial charge in [0.25, 0.3) is 0 Å². The van der Waals surface area contributed by atoms with Crippen molar-refractivity contribution in [2.45, 2.75) is 13.5 Å². The summed E-state index contributed by atoms with van der Waals surface area (Å²) in [6, 6.07) is 10.6. The summed E-state index contributed by atoms with van der Waals surface area (Å²) < 4.78 is 6.60. The normalized spacial score (nSPS) is 18.7. The summed E-state index contributed by atoms with van der Waals surface area (Å²) >= 11 is 3.56. The molecular formula is C20H26BrN5O. The van der Waals surface area contributed by atoms with E-state index in [1.165, 1.54) is 5.56 Å². The lowest BCUT2D eigenvalue weighted by molar-refractivity contribution is 0.122. The number of anilines is 2. The van der Waals surface area contributed by atoms with Crippen molar-refractivity contribution in [3.05, 3.63) is 46.1 Å². The van der Waals surface area contributed by atoms with Gasteiger partial charge in [-0.05, 0) is 24.6 Å². The van der Waals surface area contributed by atoms with Gasteiger partial charge < -0.3 is 14.5 Å². The van der Waals surface area contributed by atoms with Gasteiger partial charge >= 0.3 is 0 Å². The van der Waals surface area contributed by atoms with Gasteiger partial charge in [0.1, 0.15) is 5.82 Å². The van der Waals surface area contributed by atoms with Crippen molar-refractivity contribution in [2.75, 3.05) is 62.3 Å². The molecule has 2 saturated heterocycles. The molecule has 0 amide bonds. The van der Waals surface area contributed by atoms with E-state index in [2.05, 4.69) is 67.9 Å². The zero-order valence-corrected chi connectivity index (χ0v) is 17.4. The molecule has 2 aliphatic heterocycles. The summed E-state index contributed by atoms with van der Waals surface area (Å²) in [5.41, 5.74) is 2.37. The fraction of sp³-hybridized carbons (Fsp3) is 0.500. The highest BCUT2D eigenvalue weighted by Crippen LogP contribution is 2.20. The van der Waals surface area contributed by atoms with Gasteiger partial charge in [0.15, 0.2) is 0 Å². The Labute approximate surface area is 169 Å². The van der Waals surface area contributed by atoms with Crippen LogP contribution in [0, 0.1) is 6.92 Å². The summed E-state index contributed by atoms with van der Waals surface area (Å²) in [6.45, 7) is 10.3. The van der Waals surface area contributed by atoms with E-state index >= 15 is 0 Å². The smallest absolute Gasteiger partial charge is 0.227 e. The largest absolute Gasteiger partial charge is 0.378 e. The molecule has 0 atom stereocenters. The second-order valence-electron chi connectivity index (χ2n) is 7.16. The van der Waals surface area contributed by atoms with Crippen molar-refractivity contribution in [3.8, 4) is 0 Å². The van der Waals surface area contributed by atoms with Crippen LogP contribution in [-0.2, 0) is 11.3 Å². The number of morpholine rings is 1. The predicted molar refractivity (Wildman–Crippen MR) is 111 cm³/mol. The molecule has 0 unspecified atom stereocenters. The number of benzene rings is 1. The Bertz CT molecular complexity index is 773. The molecule has 2 fully saturated rings. The van der Waals surface area contributed by atoms with E-state index in [9.17, 15) is 0 Å². The van der Waals surface area contributed by atoms with Crippen molar-refractivity contribution >= 4 is 27.7 Å². The van der Waals surface area contributed by atoms with Crippen LogP contribution < -0.4 is 9.80 Å². The van der Waals surface area contributed by atoms with Crippen LogP contribution >= 0.6 is 15.9 Å². The first-order valence-electron chi connectivity index (χ1n) is 9.57. The van der Waals surface area contributed by atoms with Gasteiger partial charge in [0.05, 0.1) is 13.2 Å². The van der Waals surface area contributed by atoms with E-state index in [-0.39, 0.29) is 0 Å². The topological polar surface area (TPSA) is 44.7 Å². The van der Waals surface area contributed by atoms with Gasteiger partial charge in [-0.1, -0.05) is 28.1 Å². The summed E-state index contributed by atoms with van der Waals surface area (Å²) in [4.78, 5) is 16.7. The van der Waals surface area contributed by atoms with Gasteiger partial charge in [-0.25, -0.2) is 4.98 Å². The maximum absolute atomic E-state index is 5.46. The van der Waals surface area contributed by atoms with Gasteiger partial charge in [0.2, 0.25) is 5.95 Å². The molecule has 0 bridgehead atoms. The zero-order valence-electron chi connectivity index (χ0n) is 15.8. The molecule has 0 aliphatic carbocycles. The predicted octanol–water partition coefficient (Wildman–Crippen LogP) is 2.71. The number of halogens is 1. The molecule has 144 valence electrons. The van der Waals surface area contributed by atoms with Gasteiger partial charge in [0, 0.05) is 62.0 Å². The first kappa shape index (κ1) is 18.7. The van der Waals surface area contributed by atoms with Crippen LogP contribution in [-0.4, -0.2) is 67.4 Å². The number of aromatic nitrogens is 2.